The molecule has 0 unspecified atom stereocenters. The summed E-state index contributed by atoms with van der Waals surface area (Å²) in [5.74, 6) is 1.04. The lowest BCUT2D eigenvalue weighted by molar-refractivity contribution is 0.0792. The predicted octanol–water partition coefficient (Wildman–Crippen LogP) is 6.12. The van der Waals surface area contributed by atoms with Crippen molar-refractivity contribution in [2.45, 2.75) is 19.4 Å². The van der Waals surface area contributed by atoms with Gasteiger partial charge in [0.2, 0.25) is 0 Å². The molecule has 1 aliphatic rings. The fraction of sp³-hybridized carbons (Fsp3) is 0.192. The summed E-state index contributed by atoms with van der Waals surface area (Å²) in [6.07, 6.45) is 0.911. The number of rotatable bonds is 4. The monoisotopic (exact) mass is 429 g/mol. The molecule has 1 fully saturated rings. The number of carbonyl (C=O) groups is 1. The Labute approximate surface area is 186 Å². The maximum absolute atomic E-state index is 13.4. The van der Waals surface area contributed by atoms with E-state index in [4.69, 9.17) is 11.6 Å². The van der Waals surface area contributed by atoms with Crippen LogP contribution in [0.2, 0.25) is 5.02 Å². The lowest BCUT2D eigenvalue weighted by Gasteiger charge is -2.19. The molecule has 2 N–H and O–H groups in total. The highest BCUT2D eigenvalue weighted by Gasteiger charge is 2.28. The van der Waals surface area contributed by atoms with E-state index in [0.29, 0.717) is 11.6 Å². The van der Waals surface area contributed by atoms with Crippen LogP contribution >= 0.6 is 11.6 Å². The predicted molar refractivity (Wildman–Crippen MR) is 128 cm³/mol. The topological polar surface area (TPSA) is 48.1 Å². The third-order valence-corrected chi connectivity index (χ3v) is 6.14. The summed E-state index contributed by atoms with van der Waals surface area (Å²) >= 11 is 6.09. The summed E-state index contributed by atoms with van der Waals surface area (Å²) in [5.41, 5.74) is 5.02. The maximum Gasteiger partial charge on any atom is 0.254 e. The van der Waals surface area contributed by atoms with Gasteiger partial charge in [0, 0.05) is 40.6 Å². The van der Waals surface area contributed by atoms with Crippen LogP contribution in [0.25, 0.3) is 22.0 Å². The zero-order chi connectivity index (χ0) is 21.4. The Morgan fingerprint density at radius 3 is 2.81 bits per heavy atom. The van der Waals surface area contributed by atoms with E-state index in [-0.39, 0.29) is 11.9 Å². The zero-order valence-corrected chi connectivity index (χ0v) is 18.1. The molecule has 1 atom stereocenters. The van der Waals surface area contributed by atoms with Gasteiger partial charge >= 0.3 is 0 Å². The Morgan fingerprint density at radius 2 is 1.94 bits per heavy atom. The van der Waals surface area contributed by atoms with Crippen LogP contribution in [0.15, 0.2) is 72.8 Å². The van der Waals surface area contributed by atoms with Crippen molar-refractivity contribution in [1.29, 1.82) is 0 Å². The fourth-order valence-electron chi connectivity index (χ4n) is 4.36. The lowest BCUT2D eigenvalue weighted by Crippen LogP contribution is -2.32. The number of H-pyrrole nitrogens is 1. The third kappa shape index (κ3) is 4.04. The first kappa shape index (κ1) is 19.7. The Kier molecular flexibility index (Phi) is 5.16. The first-order chi connectivity index (χ1) is 15.1. The van der Waals surface area contributed by atoms with Crippen LogP contribution < -0.4 is 5.32 Å². The van der Waals surface area contributed by atoms with Crippen LogP contribution in [-0.2, 0) is 0 Å². The summed E-state index contributed by atoms with van der Waals surface area (Å²) in [5, 5.41) is 5.38. The Balaban J connectivity index is 1.32. The fourth-order valence-corrected chi connectivity index (χ4v) is 4.54. The average Bonchev–Trinajstić information content (AvgIpc) is 3.39. The van der Waals surface area contributed by atoms with Crippen molar-refractivity contribution in [3.8, 4) is 11.1 Å². The maximum atomic E-state index is 13.4. The second-order valence-corrected chi connectivity index (χ2v) is 8.65. The molecule has 0 aliphatic carbocycles. The second kappa shape index (κ2) is 8.12. The van der Waals surface area contributed by atoms with E-state index >= 15 is 0 Å². The number of likely N-dealkylation sites (tertiary alicyclic amines) is 1. The van der Waals surface area contributed by atoms with Crippen molar-refractivity contribution >= 4 is 34.2 Å². The molecule has 0 spiro atoms. The highest BCUT2D eigenvalue weighted by molar-refractivity contribution is 6.31. The molecule has 1 aliphatic heterocycles. The van der Waals surface area contributed by atoms with Crippen LogP contribution in [0.1, 0.15) is 22.3 Å². The molecule has 4 nitrogen and oxygen atoms in total. The Hall–Kier alpha value is -3.24. The molecule has 0 saturated carbocycles. The standard InChI is InChI=1S/C26H24ClN3O/c1-17-5-4-6-18(13-17)22-7-2-3-8-23(22)26(31)30-12-11-21(16-30)28-25-14-19-9-10-20(27)15-24(19)29-25/h2-10,13-15,21,28-29H,11-12,16H2,1H3/t21-/m1/s1. The van der Waals surface area contributed by atoms with Crippen LogP contribution in [0.5, 0.6) is 0 Å². The lowest BCUT2D eigenvalue weighted by atomic mass is 9.97. The number of carbonyl (C=O) groups excluding carboxylic acids is 1. The molecule has 1 aromatic heterocycles. The smallest absolute Gasteiger partial charge is 0.254 e. The summed E-state index contributed by atoms with van der Waals surface area (Å²) in [6.45, 7) is 3.49. The van der Waals surface area contributed by atoms with E-state index in [0.717, 1.165) is 46.4 Å². The first-order valence-electron chi connectivity index (χ1n) is 10.6. The normalized spacial score (nSPS) is 16.1. The molecule has 5 rings (SSSR count). The van der Waals surface area contributed by atoms with Gasteiger partial charge in [0.1, 0.15) is 5.82 Å². The number of fused-ring (bicyclic) bond motifs is 1. The molecule has 4 aromatic rings. The quantitative estimate of drug-likeness (QED) is 0.410. The molecule has 0 bridgehead atoms. The number of hydrogen-bond donors (Lipinski definition) is 2. The molecular formula is C26H24ClN3O. The number of amides is 1. The van der Waals surface area contributed by atoms with Crippen molar-refractivity contribution < 1.29 is 4.79 Å². The van der Waals surface area contributed by atoms with Gasteiger partial charge in [0.15, 0.2) is 0 Å². The minimum absolute atomic E-state index is 0.0878. The van der Waals surface area contributed by atoms with E-state index in [2.05, 4.69) is 41.5 Å². The molecule has 5 heteroatoms. The molecule has 0 radical (unpaired) electrons. The van der Waals surface area contributed by atoms with Gasteiger partial charge in [-0.15, -0.1) is 0 Å². The minimum Gasteiger partial charge on any atom is -0.367 e. The van der Waals surface area contributed by atoms with Gasteiger partial charge < -0.3 is 15.2 Å². The summed E-state index contributed by atoms with van der Waals surface area (Å²) in [7, 11) is 0. The van der Waals surface area contributed by atoms with Gasteiger partial charge in [-0.2, -0.15) is 0 Å². The SMILES string of the molecule is Cc1cccc(-c2ccccc2C(=O)N2CC[C@@H](Nc3cc4ccc(Cl)cc4[nH]3)C2)c1. The Morgan fingerprint density at radius 1 is 1.06 bits per heavy atom. The number of aryl methyl sites for hydroxylation is 1. The van der Waals surface area contributed by atoms with E-state index in [1.165, 1.54) is 5.56 Å². The number of nitrogens with zero attached hydrogens (tertiary/aromatic N) is 1. The Bertz CT molecular complexity index is 1260. The number of nitrogens with one attached hydrogen (secondary N) is 2. The molecule has 1 saturated heterocycles. The number of aromatic amines is 1. The van der Waals surface area contributed by atoms with Gasteiger partial charge in [-0.25, -0.2) is 0 Å². The van der Waals surface area contributed by atoms with Crippen molar-refractivity contribution in [2.24, 2.45) is 0 Å². The molecule has 3 aromatic carbocycles. The molecular weight excluding hydrogens is 406 g/mol. The molecule has 2 heterocycles. The molecule has 31 heavy (non-hydrogen) atoms. The van der Waals surface area contributed by atoms with Gasteiger partial charge in [0.05, 0.1) is 0 Å². The highest BCUT2D eigenvalue weighted by atomic mass is 35.5. The van der Waals surface area contributed by atoms with E-state index in [9.17, 15) is 4.79 Å². The van der Waals surface area contributed by atoms with Gasteiger partial charge in [-0.3, -0.25) is 4.79 Å². The summed E-state index contributed by atoms with van der Waals surface area (Å²) in [6, 6.07) is 24.3. The van der Waals surface area contributed by atoms with Crippen LogP contribution in [0.4, 0.5) is 5.82 Å². The highest BCUT2D eigenvalue weighted by Crippen LogP contribution is 2.28. The minimum atomic E-state index is 0.0878. The van der Waals surface area contributed by atoms with Gasteiger partial charge in [0.25, 0.3) is 5.91 Å². The molecule has 1 amide bonds. The first-order valence-corrected chi connectivity index (χ1v) is 10.9. The summed E-state index contributed by atoms with van der Waals surface area (Å²) < 4.78 is 0. The van der Waals surface area contributed by atoms with Crippen LogP contribution in [0.3, 0.4) is 0 Å². The summed E-state index contributed by atoms with van der Waals surface area (Å²) in [4.78, 5) is 18.7. The van der Waals surface area contributed by atoms with E-state index in [1.54, 1.807) is 0 Å². The van der Waals surface area contributed by atoms with Crippen LogP contribution in [0, 0.1) is 6.92 Å². The molecule has 156 valence electrons. The van der Waals surface area contributed by atoms with Crippen molar-refractivity contribution in [3.63, 3.8) is 0 Å². The largest absolute Gasteiger partial charge is 0.367 e. The number of anilines is 1. The third-order valence-electron chi connectivity index (χ3n) is 5.91. The second-order valence-electron chi connectivity index (χ2n) is 8.21. The van der Waals surface area contributed by atoms with Crippen molar-refractivity contribution in [3.05, 3.63) is 88.9 Å². The van der Waals surface area contributed by atoms with Crippen molar-refractivity contribution in [1.82, 2.24) is 9.88 Å². The zero-order valence-electron chi connectivity index (χ0n) is 17.4. The van der Waals surface area contributed by atoms with Gasteiger partial charge in [-0.05, 0) is 48.7 Å². The van der Waals surface area contributed by atoms with Gasteiger partial charge in [-0.1, -0.05) is 65.7 Å². The number of benzene rings is 3. The van der Waals surface area contributed by atoms with E-state index < -0.39 is 0 Å². The van der Waals surface area contributed by atoms with Crippen LogP contribution in [-0.4, -0.2) is 34.9 Å². The number of aromatic nitrogens is 1. The van der Waals surface area contributed by atoms with E-state index in [1.807, 2.05) is 53.4 Å². The van der Waals surface area contributed by atoms with Crippen molar-refractivity contribution in [2.75, 3.05) is 18.4 Å². The average molecular weight is 430 g/mol. The number of halogens is 1. The number of hydrogen-bond acceptors (Lipinski definition) is 2.